The number of carbonyl (C=O) groups excluding carboxylic acids is 1. The second kappa shape index (κ2) is 7.30. The van der Waals surface area contributed by atoms with Crippen LogP contribution in [0.4, 0.5) is 0 Å². The molecule has 2 aromatic rings. The first-order chi connectivity index (χ1) is 11.7. The monoisotopic (exact) mass is 364 g/mol. The summed E-state index contributed by atoms with van der Waals surface area (Å²) in [5, 5.41) is 4.97. The molecular weight excluding hydrogens is 340 g/mol. The average Bonchev–Trinajstić information content (AvgIpc) is 3.36. The summed E-state index contributed by atoms with van der Waals surface area (Å²) in [6.45, 7) is 3.48. The van der Waals surface area contributed by atoms with Crippen molar-refractivity contribution in [1.82, 2.24) is 15.0 Å². The van der Waals surface area contributed by atoms with Crippen LogP contribution in [0.15, 0.2) is 10.6 Å². The van der Waals surface area contributed by atoms with Gasteiger partial charge in [-0.25, -0.2) is 4.98 Å². The van der Waals surface area contributed by atoms with Crippen LogP contribution < -0.4 is 5.73 Å². The number of hydrogen-bond donors (Lipinski definition) is 1. The molecule has 0 bridgehead atoms. The quantitative estimate of drug-likeness (QED) is 0.901. The highest BCUT2D eigenvalue weighted by Gasteiger charge is 2.31. The third-order valence-electron chi connectivity index (χ3n) is 4.99. The second-order valence-corrected chi connectivity index (χ2v) is 7.08. The lowest BCUT2D eigenvalue weighted by molar-refractivity contribution is 0.0710. The Hall–Kier alpha value is -1.66. The summed E-state index contributed by atoms with van der Waals surface area (Å²) in [6, 6.07) is 2.04. The highest BCUT2D eigenvalue weighted by Crippen LogP contribution is 2.40. The van der Waals surface area contributed by atoms with E-state index >= 15 is 0 Å². The van der Waals surface area contributed by atoms with Crippen LogP contribution in [-0.2, 0) is 6.42 Å². The van der Waals surface area contributed by atoms with Crippen LogP contribution in [0.2, 0.25) is 0 Å². The maximum Gasteiger partial charge on any atom is 0.259 e. The molecule has 6 nitrogen and oxygen atoms in total. The smallest absolute Gasteiger partial charge is 0.259 e. The molecule has 4 rings (SSSR count). The van der Waals surface area contributed by atoms with Crippen molar-refractivity contribution in [3.8, 4) is 0 Å². The molecule has 1 unspecified atom stereocenters. The standard InChI is InChI=1S/C18H24N4O2.ClH/c1-2-4-14-16-13(18(23)22-8-3-5-12(19)10-22)9-15(11-6-7-11)20-17(16)24-21-14;/h9,11-12H,2-8,10,19H2,1H3;1H. The number of hydrogen-bond acceptors (Lipinski definition) is 5. The van der Waals surface area contributed by atoms with Crippen LogP contribution in [0.25, 0.3) is 11.1 Å². The van der Waals surface area contributed by atoms with Crippen molar-refractivity contribution in [2.45, 2.75) is 57.4 Å². The Morgan fingerprint density at radius 1 is 1.40 bits per heavy atom. The van der Waals surface area contributed by atoms with Gasteiger partial charge in [-0.3, -0.25) is 4.79 Å². The number of nitrogens with zero attached hydrogens (tertiary/aromatic N) is 3. The Bertz CT molecular complexity index is 772. The van der Waals surface area contributed by atoms with Crippen molar-refractivity contribution in [1.29, 1.82) is 0 Å². The van der Waals surface area contributed by atoms with Gasteiger partial charge < -0.3 is 15.2 Å². The van der Waals surface area contributed by atoms with Crippen LogP contribution in [0.1, 0.15) is 66.7 Å². The second-order valence-electron chi connectivity index (χ2n) is 7.08. The van der Waals surface area contributed by atoms with Crippen molar-refractivity contribution in [3.63, 3.8) is 0 Å². The van der Waals surface area contributed by atoms with Crippen molar-refractivity contribution < 1.29 is 9.32 Å². The Morgan fingerprint density at radius 2 is 2.20 bits per heavy atom. The van der Waals surface area contributed by atoms with E-state index in [1.807, 2.05) is 11.0 Å². The molecule has 2 aliphatic rings. The molecule has 0 spiro atoms. The Balaban J connectivity index is 0.00000182. The van der Waals surface area contributed by atoms with E-state index in [-0.39, 0.29) is 24.4 Å². The number of rotatable bonds is 4. The molecule has 2 N–H and O–H groups in total. The molecule has 2 aromatic heterocycles. The van der Waals surface area contributed by atoms with Crippen molar-refractivity contribution in [2.24, 2.45) is 5.73 Å². The van der Waals surface area contributed by atoms with Gasteiger partial charge in [-0.05, 0) is 38.2 Å². The minimum absolute atomic E-state index is 0. The summed E-state index contributed by atoms with van der Waals surface area (Å²) in [5.41, 5.74) is 9.07. The number of pyridine rings is 1. The molecule has 7 heteroatoms. The number of piperidine rings is 1. The molecule has 2 fully saturated rings. The fraction of sp³-hybridized carbons (Fsp3) is 0.611. The van der Waals surface area contributed by atoms with Crippen LogP contribution in [0.5, 0.6) is 0 Å². The van der Waals surface area contributed by atoms with E-state index in [9.17, 15) is 4.79 Å². The molecule has 3 heterocycles. The van der Waals surface area contributed by atoms with E-state index < -0.39 is 0 Å². The Kier molecular flexibility index (Phi) is 5.29. The summed E-state index contributed by atoms with van der Waals surface area (Å²) in [7, 11) is 0. The van der Waals surface area contributed by atoms with E-state index in [4.69, 9.17) is 10.3 Å². The lowest BCUT2D eigenvalue weighted by Crippen LogP contribution is -2.45. The molecule has 1 aliphatic heterocycles. The molecule has 0 radical (unpaired) electrons. The predicted octanol–water partition coefficient (Wildman–Crippen LogP) is 3.04. The van der Waals surface area contributed by atoms with Gasteiger partial charge in [-0.1, -0.05) is 18.5 Å². The molecule has 136 valence electrons. The number of nitrogens with two attached hydrogens (primary N) is 1. The zero-order valence-corrected chi connectivity index (χ0v) is 15.3. The summed E-state index contributed by atoms with van der Waals surface area (Å²) in [6.07, 6.45) is 5.96. The van der Waals surface area contributed by atoms with Gasteiger partial charge in [0.15, 0.2) is 0 Å². The fourth-order valence-electron chi connectivity index (χ4n) is 3.56. The maximum atomic E-state index is 13.2. The summed E-state index contributed by atoms with van der Waals surface area (Å²) in [4.78, 5) is 19.7. The molecule has 1 aliphatic carbocycles. The number of halogens is 1. The van der Waals surface area contributed by atoms with Crippen molar-refractivity contribution in [3.05, 3.63) is 23.0 Å². The number of aromatic nitrogens is 2. The minimum atomic E-state index is 0. The van der Waals surface area contributed by atoms with Crippen LogP contribution >= 0.6 is 12.4 Å². The van der Waals surface area contributed by atoms with Gasteiger partial charge in [0.25, 0.3) is 11.6 Å². The van der Waals surface area contributed by atoms with Crippen LogP contribution in [0, 0.1) is 0 Å². The average molecular weight is 365 g/mol. The first-order valence-electron chi connectivity index (χ1n) is 9.01. The van der Waals surface area contributed by atoms with Gasteiger partial charge in [0.2, 0.25) is 0 Å². The number of fused-ring (bicyclic) bond motifs is 1. The zero-order chi connectivity index (χ0) is 16.7. The molecule has 0 aromatic carbocycles. The molecule has 1 saturated carbocycles. The fourth-order valence-corrected chi connectivity index (χ4v) is 3.56. The van der Waals surface area contributed by atoms with Gasteiger partial charge in [-0.2, -0.15) is 0 Å². The summed E-state index contributed by atoms with van der Waals surface area (Å²) >= 11 is 0. The first kappa shape index (κ1) is 18.1. The lowest BCUT2D eigenvalue weighted by Gasteiger charge is -2.31. The molecule has 25 heavy (non-hydrogen) atoms. The van der Waals surface area contributed by atoms with Crippen molar-refractivity contribution >= 4 is 29.4 Å². The highest BCUT2D eigenvalue weighted by atomic mass is 35.5. The van der Waals surface area contributed by atoms with Gasteiger partial charge >= 0.3 is 0 Å². The van der Waals surface area contributed by atoms with Gasteiger partial charge in [0, 0.05) is 30.7 Å². The van der Waals surface area contributed by atoms with E-state index in [2.05, 4.69) is 17.1 Å². The van der Waals surface area contributed by atoms with Gasteiger partial charge in [-0.15, -0.1) is 12.4 Å². The largest absolute Gasteiger partial charge is 0.337 e. The molecule has 1 saturated heterocycles. The van der Waals surface area contributed by atoms with E-state index in [1.54, 1.807) is 0 Å². The SMILES string of the molecule is CCCc1noc2nc(C3CC3)cc(C(=O)N3CCCC(N)C3)c12.Cl. The number of carbonyl (C=O) groups is 1. The lowest BCUT2D eigenvalue weighted by atomic mass is 10.0. The summed E-state index contributed by atoms with van der Waals surface area (Å²) in [5.74, 6) is 0.504. The van der Waals surface area contributed by atoms with Gasteiger partial charge in [0.1, 0.15) is 0 Å². The topological polar surface area (TPSA) is 85.2 Å². The van der Waals surface area contributed by atoms with Crippen molar-refractivity contribution in [2.75, 3.05) is 13.1 Å². The Morgan fingerprint density at radius 3 is 2.88 bits per heavy atom. The molecule has 1 amide bonds. The molecular formula is C18H25ClN4O2. The van der Waals surface area contributed by atoms with E-state index in [1.165, 1.54) is 0 Å². The minimum Gasteiger partial charge on any atom is -0.337 e. The Labute approximate surface area is 153 Å². The number of amides is 1. The number of aryl methyl sites for hydroxylation is 1. The van der Waals surface area contributed by atoms with E-state index in [0.717, 1.165) is 61.8 Å². The predicted molar refractivity (Wildman–Crippen MR) is 98.1 cm³/mol. The molecule has 1 atom stereocenters. The maximum absolute atomic E-state index is 13.2. The van der Waals surface area contributed by atoms with E-state index in [0.29, 0.717) is 23.7 Å². The first-order valence-corrected chi connectivity index (χ1v) is 9.01. The number of likely N-dealkylation sites (tertiary alicyclic amines) is 1. The van der Waals surface area contributed by atoms with Crippen LogP contribution in [-0.4, -0.2) is 40.1 Å². The zero-order valence-electron chi connectivity index (χ0n) is 14.5. The third kappa shape index (κ3) is 3.51. The van der Waals surface area contributed by atoms with Gasteiger partial charge in [0.05, 0.1) is 16.6 Å². The normalized spacial score (nSPS) is 20.6. The summed E-state index contributed by atoms with van der Waals surface area (Å²) < 4.78 is 5.46. The van der Waals surface area contributed by atoms with Crippen LogP contribution in [0.3, 0.4) is 0 Å². The highest BCUT2D eigenvalue weighted by molar-refractivity contribution is 6.06. The third-order valence-corrected chi connectivity index (χ3v) is 4.99.